The molecule has 0 atom stereocenters. The lowest BCUT2D eigenvalue weighted by atomic mass is 10.2. The lowest BCUT2D eigenvalue weighted by molar-refractivity contribution is -0.384. The molecule has 0 saturated carbocycles. The van der Waals surface area contributed by atoms with Crippen LogP contribution < -0.4 is 15.2 Å². The number of amides is 2. The highest BCUT2D eigenvalue weighted by atomic mass is 32.2. The number of nitrogens with one attached hydrogen (secondary N) is 2. The van der Waals surface area contributed by atoms with E-state index < -0.39 is 26.8 Å². The first-order valence-corrected chi connectivity index (χ1v) is 11.2. The van der Waals surface area contributed by atoms with Gasteiger partial charge >= 0.3 is 0 Å². The second kappa shape index (κ2) is 9.92. The van der Waals surface area contributed by atoms with Crippen molar-refractivity contribution in [3.8, 4) is 0 Å². The zero-order valence-corrected chi connectivity index (χ0v) is 18.3. The van der Waals surface area contributed by atoms with E-state index in [4.69, 9.17) is 0 Å². The Morgan fingerprint density at radius 1 is 0.879 bits per heavy atom. The molecule has 0 aromatic heterocycles. The van der Waals surface area contributed by atoms with Crippen molar-refractivity contribution in [1.82, 2.24) is 10.9 Å². The van der Waals surface area contributed by atoms with Gasteiger partial charge in [0.05, 0.1) is 15.5 Å². The van der Waals surface area contributed by atoms with E-state index >= 15 is 0 Å². The minimum absolute atomic E-state index is 0.000433. The summed E-state index contributed by atoms with van der Waals surface area (Å²) in [5, 5.41) is 10.9. The first-order valence-electron chi connectivity index (χ1n) is 9.77. The fraction of sp³-hybridized carbons (Fsp3) is 0.0909. The molecule has 2 amide bonds. The molecule has 0 aliphatic rings. The van der Waals surface area contributed by atoms with Crippen LogP contribution in [0, 0.1) is 10.1 Å². The van der Waals surface area contributed by atoms with Crippen LogP contribution in [0.3, 0.4) is 0 Å². The molecule has 170 valence electrons. The van der Waals surface area contributed by atoms with Crippen molar-refractivity contribution in [1.29, 1.82) is 0 Å². The van der Waals surface area contributed by atoms with Crippen LogP contribution in [-0.2, 0) is 10.0 Å². The standard InChI is InChI=1S/C22H20N4O6S/c1-2-25(18-10-4-3-5-11-18)33(31,32)20-13-7-9-17(15-20)22(28)24-23-21(27)16-8-6-12-19(14-16)26(29)30/h3-15H,2H2,1H3,(H,23,27)(H,24,28). The maximum atomic E-state index is 13.1. The Labute approximate surface area is 190 Å². The maximum absolute atomic E-state index is 13.1. The third-order valence-corrected chi connectivity index (χ3v) is 6.52. The molecule has 0 aliphatic heterocycles. The molecule has 0 saturated heterocycles. The van der Waals surface area contributed by atoms with Gasteiger partial charge in [0.15, 0.2) is 0 Å². The third-order valence-electron chi connectivity index (χ3n) is 4.62. The van der Waals surface area contributed by atoms with Crippen molar-refractivity contribution < 1.29 is 22.9 Å². The number of para-hydroxylation sites is 1. The van der Waals surface area contributed by atoms with E-state index in [0.717, 1.165) is 6.07 Å². The van der Waals surface area contributed by atoms with Crippen molar-refractivity contribution in [2.24, 2.45) is 0 Å². The van der Waals surface area contributed by atoms with Crippen LogP contribution in [0.1, 0.15) is 27.6 Å². The molecule has 10 nitrogen and oxygen atoms in total. The monoisotopic (exact) mass is 468 g/mol. The molecule has 11 heteroatoms. The highest BCUT2D eigenvalue weighted by Crippen LogP contribution is 2.23. The van der Waals surface area contributed by atoms with E-state index in [1.54, 1.807) is 37.3 Å². The Balaban J connectivity index is 1.76. The SMILES string of the molecule is CCN(c1ccccc1)S(=O)(=O)c1cccc(C(=O)NNC(=O)c2cccc([N+](=O)[O-])c2)c1. The molecule has 0 aliphatic carbocycles. The van der Waals surface area contributed by atoms with E-state index in [1.165, 1.54) is 46.8 Å². The van der Waals surface area contributed by atoms with Gasteiger partial charge in [-0.25, -0.2) is 8.42 Å². The zero-order chi connectivity index (χ0) is 24.0. The second-order valence-electron chi connectivity index (χ2n) is 6.75. The number of nitrogens with zero attached hydrogens (tertiary/aromatic N) is 2. The molecule has 0 spiro atoms. The van der Waals surface area contributed by atoms with Crippen molar-refractivity contribution in [2.45, 2.75) is 11.8 Å². The molecule has 0 unspecified atom stereocenters. The van der Waals surface area contributed by atoms with Gasteiger partial charge in [-0.2, -0.15) is 0 Å². The van der Waals surface area contributed by atoms with E-state index in [-0.39, 0.29) is 28.3 Å². The average Bonchev–Trinajstić information content (AvgIpc) is 2.83. The van der Waals surface area contributed by atoms with Gasteiger partial charge in [-0.3, -0.25) is 34.9 Å². The molecule has 3 rings (SSSR count). The van der Waals surface area contributed by atoms with Gasteiger partial charge < -0.3 is 0 Å². The van der Waals surface area contributed by atoms with Crippen LogP contribution >= 0.6 is 0 Å². The Morgan fingerprint density at radius 2 is 1.45 bits per heavy atom. The summed E-state index contributed by atoms with van der Waals surface area (Å²) >= 11 is 0. The Hall–Kier alpha value is -4.25. The molecule has 0 heterocycles. The van der Waals surface area contributed by atoms with Gasteiger partial charge in [0.25, 0.3) is 27.5 Å². The number of nitro benzene ring substituents is 1. The van der Waals surface area contributed by atoms with Crippen LogP contribution in [0.15, 0.2) is 83.8 Å². The van der Waals surface area contributed by atoms with Crippen LogP contribution in [0.2, 0.25) is 0 Å². The van der Waals surface area contributed by atoms with Crippen LogP contribution in [0.4, 0.5) is 11.4 Å². The summed E-state index contributed by atoms with van der Waals surface area (Å²) in [4.78, 5) is 34.8. The number of hydrogen-bond donors (Lipinski definition) is 2. The fourth-order valence-corrected chi connectivity index (χ4v) is 4.55. The van der Waals surface area contributed by atoms with Gasteiger partial charge in [-0.05, 0) is 43.3 Å². The first kappa shape index (κ1) is 23.4. The molecular formula is C22H20N4O6S. The van der Waals surface area contributed by atoms with Crippen LogP contribution in [0.5, 0.6) is 0 Å². The molecule has 0 fully saturated rings. The van der Waals surface area contributed by atoms with Gasteiger partial charge in [-0.15, -0.1) is 0 Å². The molecule has 33 heavy (non-hydrogen) atoms. The molecule has 3 aromatic carbocycles. The Kier molecular flexibility index (Phi) is 7.04. The quantitative estimate of drug-likeness (QED) is 0.404. The lowest BCUT2D eigenvalue weighted by Crippen LogP contribution is -2.41. The van der Waals surface area contributed by atoms with E-state index in [0.29, 0.717) is 5.69 Å². The van der Waals surface area contributed by atoms with Crippen molar-refractivity contribution in [3.05, 3.63) is 100 Å². The Bertz CT molecular complexity index is 1300. The van der Waals surface area contributed by atoms with Crippen LogP contribution in [-0.4, -0.2) is 31.7 Å². The molecular weight excluding hydrogens is 448 g/mol. The summed E-state index contributed by atoms with van der Waals surface area (Å²) in [5.41, 5.74) is 4.53. The topological polar surface area (TPSA) is 139 Å². The number of benzene rings is 3. The van der Waals surface area contributed by atoms with Crippen molar-refractivity contribution in [2.75, 3.05) is 10.8 Å². The third kappa shape index (κ3) is 5.33. The molecule has 0 bridgehead atoms. The number of nitro groups is 1. The number of anilines is 1. The highest BCUT2D eigenvalue weighted by molar-refractivity contribution is 7.92. The smallest absolute Gasteiger partial charge is 0.267 e. The second-order valence-corrected chi connectivity index (χ2v) is 8.61. The van der Waals surface area contributed by atoms with Gasteiger partial charge in [0.2, 0.25) is 0 Å². The minimum atomic E-state index is -3.95. The van der Waals surface area contributed by atoms with Gasteiger partial charge in [0.1, 0.15) is 0 Å². The first-order chi connectivity index (χ1) is 15.7. The van der Waals surface area contributed by atoms with E-state index in [1.807, 2.05) is 0 Å². The highest BCUT2D eigenvalue weighted by Gasteiger charge is 2.24. The maximum Gasteiger partial charge on any atom is 0.270 e. The average molecular weight is 468 g/mol. The molecule has 3 aromatic rings. The Morgan fingerprint density at radius 3 is 2.03 bits per heavy atom. The molecule has 0 radical (unpaired) electrons. The summed E-state index contributed by atoms with van der Waals surface area (Å²) in [6, 6.07) is 18.9. The summed E-state index contributed by atoms with van der Waals surface area (Å²) in [7, 11) is -3.95. The predicted molar refractivity (Wildman–Crippen MR) is 121 cm³/mol. The number of hydrogen-bond acceptors (Lipinski definition) is 6. The number of carbonyl (C=O) groups excluding carboxylic acids is 2. The summed E-state index contributed by atoms with van der Waals surface area (Å²) in [6.45, 7) is 1.88. The molecule has 2 N–H and O–H groups in total. The number of carbonyl (C=O) groups is 2. The number of sulfonamides is 1. The van der Waals surface area contributed by atoms with Crippen LogP contribution in [0.25, 0.3) is 0 Å². The van der Waals surface area contributed by atoms with E-state index in [9.17, 15) is 28.1 Å². The normalized spacial score (nSPS) is 10.8. The van der Waals surface area contributed by atoms with Crippen molar-refractivity contribution in [3.63, 3.8) is 0 Å². The van der Waals surface area contributed by atoms with E-state index in [2.05, 4.69) is 10.9 Å². The lowest BCUT2D eigenvalue weighted by Gasteiger charge is -2.23. The largest absolute Gasteiger partial charge is 0.270 e. The number of hydrazine groups is 1. The summed E-state index contributed by atoms with van der Waals surface area (Å²) in [6.07, 6.45) is 0. The predicted octanol–water partition coefficient (Wildman–Crippen LogP) is 2.88. The van der Waals surface area contributed by atoms with Gasteiger partial charge in [0, 0.05) is 29.8 Å². The summed E-state index contributed by atoms with van der Waals surface area (Å²) in [5.74, 6) is -1.52. The number of rotatable bonds is 7. The zero-order valence-electron chi connectivity index (χ0n) is 17.5. The minimum Gasteiger partial charge on any atom is -0.267 e. The van der Waals surface area contributed by atoms with Gasteiger partial charge in [-0.1, -0.05) is 30.3 Å². The summed E-state index contributed by atoms with van der Waals surface area (Å²) < 4.78 is 27.5. The number of non-ortho nitro benzene ring substituents is 1. The fourth-order valence-electron chi connectivity index (χ4n) is 3.03. The van der Waals surface area contributed by atoms with Crippen molar-refractivity contribution >= 4 is 33.2 Å².